The lowest BCUT2D eigenvalue weighted by atomic mass is 9.99. The Kier molecular flexibility index (Phi) is 4.23. The minimum atomic E-state index is -1.53. The Hall–Kier alpha value is -1.17. The Bertz CT molecular complexity index is 396. The number of rotatable bonds is 4. The second-order valence-electron chi connectivity index (χ2n) is 3.18. The number of benzene rings is 1. The van der Waals surface area contributed by atoms with Gasteiger partial charge >= 0.3 is 5.97 Å². The van der Waals surface area contributed by atoms with Crippen LogP contribution < -0.4 is 0 Å². The van der Waals surface area contributed by atoms with Crippen molar-refractivity contribution in [2.24, 2.45) is 0 Å². The number of carboxylic acids is 1. The van der Waals surface area contributed by atoms with Crippen LogP contribution >= 0.6 is 11.6 Å². The third-order valence-electron chi connectivity index (χ3n) is 2.10. The lowest BCUT2D eigenvalue weighted by Gasteiger charge is -2.17. The molecule has 16 heavy (non-hydrogen) atoms. The van der Waals surface area contributed by atoms with Gasteiger partial charge in [0.15, 0.2) is 0 Å². The van der Waals surface area contributed by atoms with E-state index >= 15 is 0 Å². The van der Waals surface area contributed by atoms with E-state index in [9.17, 15) is 19.4 Å². The van der Waals surface area contributed by atoms with Gasteiger partial charge in [0.25, 0.3) is 0 Å². The van der Waals surface area contributed by atoms with E-state index < -0.39 is 29.6 Å². The molecule has 6 heteroatoms. The Labute approximate surface area is 95.9 Å². The first-order valence-electron chi connectivity index (χ1n) is 4.42. The van der Waals surface area contributed by atoms with Gasteiger partial charge in [-0.3, -0.25) is 0 Å². The number of halogens is 2. The molecule has 2 atom stereocenters. The highest BCUT2D eigenvalue weighted by Crippen LogP contribution is 2.24. The molecule has 4 nitrogen and oxygen atoms in total. The molecule has 0 fully saturated rings. The molecular weight excluding hydrogens is 239 g/mol. The van der Waals surface area contributed by atoms with E-state index in [2.05, 4.69) is 0 Å². The van der Waals surface area contributed by atoms with Crippen molar-refractivity contribution in [2.75, 3.05) is 5.88 Å². The van der Waals surface area contributed by atoms with Crippen molar-refractivity contribution in [1.82, 2.24) is 0 Å². The summed E-state index contributed by atoms with van der Waals surface area (Å²) < 4.78 is 13.2. The monoisotopic (exact) mass is 248 g/mol. The lowest BCUT2D eigenvalue weighted by Crippen LogP contribution is -2.22. The molecule has 88 valence electrons. The number of aliphatic hydroxyl groups is 2. The number of alkyl halides is 1. The van der Waals surface area contributed by atoms with Crippen LogP contribution in [0.4, 0.5) is 4.39 Å². The second-order valence-corrected chi connectivity index (χ2v) is 3.48. The summed E-state index contributed by atoms with van der Waals surface area (Å²) in [5, 5.41) is 27.6. The van der Waals surface area contributed by atoms with Crippen LogP contribution in [0.2, 0.25) is 0 Å². The third kappa shape index (κ3) is 2.49. The largest absolute Gasteiger partial charge is 0.478 e. The van der Waals surface area contributed by atoms with Gasteiger partial charge in [-0.05, 0) is 6.07 Å². The van der Waals surface area contributed by atoms with Crippen LogP contribution in [0, 0.1) is 5.82 Å². The van der Waals surface area contributed by atoms with Gasteiger partial charge in [0.1, 0.15) is 17.5 Å². The quantitative estimate of drug-likeness (QED) is 0.699. The van der Waals surface area contributed by atoms with Crippen LogP contribution in [0.25, 0.3) is 0 Å². The molecule has 0 aliphatic heterocycles. The summed E-state index contributed by atoms with van der Waals surface area (Å²) in [6, 6.07) is 3.45. The zero-order valence-electron chi connectivity index (χ0n) is 8.10. The van der Waals surface area contributed by atoms with Crippen molar-refractivity contribution >= 4 is 17.6 Å². The first kappa shape index (κ1) is 12.9. The smallest absolute Gasteiger partial charge is 0.339 e. The number of aliphatic hydroxyl groups excluding tert-OH is 2. The van der Waals surface area contributed by atoms with Crippen molar-refractivity contribution in [3.8, 4) is 0 Å². The summed E-state index contributed by atoms with van der Waals surface area (Å²) in [6.45, 7) is 0. The van der Waals surface area contributed by atoms with Crippen LogP contribution in [0.3, 0.4) is 0 Å². The Morgan fingerprint density at radius 1 is 1.44 bits per heavy atom. The predicted octanol–water partition coefficient (Wildman–Crippen LogP) is 1.16. The van der Waals surface area contributed by atoms with E-state index in [0.717, 1.165) is 6.07 Å². The highest BCUT2D eigenvalue weighted by Gasteiger charge is 2.25. The molecule has 1 aromatic rings. The van der Waals surface area contributed by atoms with Gasteiger partial charge < -0.3 is 15.3 Å². The Morgan fingerprint density at radius 2 is 2.06 bits per heavy atom. The van der Waals surface area contributed by atoms with E-state index in [-0.39, 0.29) is 11.4 Å². The molecule has 0 aliphatic carbocycles. The molecule has 0 radical (unpaired) electrons. The van der Waals surface area contributed by atoms with Crippen molar-refractivity contribution in [3.63, 3.8) is 0 Å². The lowest BCUT2D eigenvalue weighted by molar-refractivity contribution is 0.0310. The summed E-state index contributed by atoms with van der Waals surface area (Å²) in [6.07, 6.45) is -2.87. The first-order chi connectivity index (χ1) is 7.49. The molecule has 0 aliphatic rings. The Balaban J connectivity index is 3.22. The molecule has 0 saturated heterocycles. The van der Waals surface area contributed by atoms with Crippen molar-refractivity contribution in [3.05, 3.63) is 35.1 Å². The maximum absolute atomic E-state index is 13.2. The summed E-state index contributed by atoms with van der Waals surface area (Å²) in [5.41, 5.74) is -0.847. The number of aromatic carboxylic acids is 1. The summed E-state index contributed by atoms with van der Waals surface area (Å²) in [7, 11) is 0. The minimum absolute atomic E-state index is 0.194. The number of carboxylic acid groups (broad SMARTS) is 1. The van der Waals surface area contributed by atoms with Gasteiger partial charge in [0, 0.05) is 5.56 Å². The van der Waals surface area contributed by atoms with Crippen LogP contribution in [-0.2, 0) is 0 Å². The second kappa shape index (κ2) is 5.25. The average Bonchev–Trinajstić information content (AvgIpc) is 2.26. The molecule has 2 unspecified atom stereocenters. The van der Waals surface area contributed by atoms with Crippen molar-refractivity contribution < 1.29 is 24.5 Å². The average molecular weight is 249 g/mol. The summed E-state index contributed by atoms with van der Waals surface area (Å²) in [4.78, 5) is 10.8. The standard InChI is InChI=1S/C10H10ClFO4/c11-4-7(13)9(14)5-2-1-3-6(12)8(5)10(15)16/h1-3,7,9,13-14H,4H2,(H,15,16). The van der Waals surface area contributed by atoms with E-state index in [0.29, 0.717) is 0 Å². The fraction of sp³-hybridized carbons (Fsp3) is 0.300. The summed E-state index contributed by atoms with van der Waals surface area (Å²) >= 11 is 5.32. The third-order valence-corrected chi connectivity index (χ3v) is 2.42. The molecule has 0 heterocycles. The van der Waals surface area contributed by atoms with E-state index in [4.69, 9.17) is 16.7 Å². The summed E-state index contributed by atoms with van der Waals surface area (Å²) in [5.74, 6) is -2.75. The van der Waals surface area contributed by atoms with E-state index in [1.165, 1.54) is 12.1 Å². The minimum Gasteiger partial charge on any atom is -0.478 e. The number of carbonyl (C=O) groups is 1. The van der Waals surface area contributed by atoms with Gasteiger partial charge in [0.2, 0.25) is 0 Å². The maximum Gasteiger partial charge on any atom is 0.339 e. The van der Waals surface area contributed by atoms with Crippen LogP contribution in [0.5, 0.6) is 0 Å². The molecule has 0 amide bonds. The molecule has 1 aromatic carbocycles. The molecule has 1 rings (SSSR count). The van der Waals surface area contributed by atoms with Crippen molar-refractivity contribution in [1.29, 1.82) is 0 Å². The first-order valence-corrected chi connectivity index (χ1v) is 4.96. The highest BCUT2D eigenvalue weighted by molar-refractivity contribution is 6.18. The normalized spacial score (nSPS) is 14.5. The van der Waals surface area contributed by atoms with Gasteiger partial charge in [-0.1, -0.05) is 12.1 Å². The molecule has 3 N–H and O–H groups in total. The zero-order chi connectivity index (χ0) is 12.3. The molecule has 0 aromatic heterocycles. The van der Waals surface area contributed by atoms with Gasteiger partial charge in [-0.2, -0.15) is 0 Å². The van der Waals surface area contributed by atoms with E-state index in [1.54, 1.807) is 0 Å². The fourth-order valence-corrected chi connectivity index (χ4v) is 1.47. The predicted molar refractivity (Wildman–Crippen MR) is 55.0 cm³/mol. The Morgan fingerprint density at radius 3 is 2.56 bits per heavy atom. The zero-order valence-corrected chi connectivity index (χ0v) is 8.86. The molecule has 0 saturated carbocycles. The van der Waals surface area contributed by atoms with Gasteiger partial charge in [-0.25, -0.2) is 9.18 Å². The molecule has 0 spiro atoms. The maximum atomic E-state index is 13.2. The SMILES string of the molecule is O=C(O)c1c(F)cccc1C(O)C(O)CCl. The molecule has 0 bridgehead atoms. The van der Waals surface area contributed by atoms with Crippen LogP contribution in [0.1, 0.15) is 22.0 Å². The number of hydrogen-bond donors (Lipinski definition) is 3. The fourth-order valence-electron chi connectivity index (χ4n) is 1.30. The van der Waals surface area contributed by atoms with E-state index in [1.807, 2.05) is 0 Å². The van der Waals surface area contributed by atoms with Crippen LogP contribution in [0.15, 0.2) is 18.2 Å². The van der Waals surface area contributed by atoms with Gasteiger partial charge in [0.05, 0.1) is 12.0 Å². The number of hydrogen-bond acceptors (Lipinski definition) is 3. The van der Waals surface area contributed by atoms with Crippen molar-refractivity contribution in [2.45, 2.75) is 12.2 Å². The van der Waals surface area contributed by atoms with Crippen LogP contribution in [-0.4, -0.2) is 33.3 Å². The van der Waals surface area contributed by atoms with Gasteiger partial charge in [-0.15, -0.1) is 11.6 Å². The topological polar surface area (TPSA) is 77.8 Å². The molecular formula is C10H10ClFO4. The highest BCUT2D eigenvalue weighted by atomic mass is 35.5.